The molecule has 0 saturated heterocycles. The van der Waals surface area contributed by atoms with Crippen LogP contribution in [0, 0.1) is 0 Å². The second-order valence-corrected chi connectivity index (χ2v) is 15.3. The minimum atomic E-state index is -4.71. The summed E-state index contributed by atoms with van der Waals surface area (Å²) in [5, 5.41) is 8.87. The molecular weight excluding hydrogens is 685 g/mol. The normalized spacial score (nSPS) is 13.8. The van der Waals surface area contributed by atoms with E-state index in [0.717, 1.165) is 64.2 Å². The van der Waals surface area contributed by atoms with E-state index in [0.29, 0.717) is 12.8 Å². The van der Waals surface area contributed by atoms with Gasteiger partial charge in [0.05, 0.1) is 13.2 Å². The van der Waals surface area contributed by atoms with Crippen molar-refractivity contribution in [2.75, 3.05) is 19.8 Å². The second-order valence-electron chi connectivity index (χ2n) is 13.9. The first-order chi connectivity index (χ1) is 25.1. The van der Waals surface area contributed by atoms with Crippen molar-refractivity contribution in [3.63, 3.8) is 0 Å². The molecule has 0 spiro atoms. The van der Waals surface area contributed by atoms with Gasteiger partial charge >= 0.3 is 25.7 Å². The van der Waals surface area contributed by atoms with Gasteiger partial charge in [0.2, 0.25) is 0 Å². The quantitative estimate of drug-likeness (QED) is 0.0236. The molecule has 1 unspecified atom stereocenters. The molecule has 52 heavy (non-hydrogen) atoms. The molecule has 0 aliphatic carbocycles. The number of ether oxygens (including phenoxy) is 2. The summed E-state index contributed by atoms with van der Waals surface area (Å²) in [5.41, 5.74) is 5.32. The Morgan fingerprint density at radius 1 is 0.635 bits per heavy atom. The van der Waals surface area contributed by atoms with Crippen LogP contribution in [-0.2, 0) is 37.5 Å². The number of unbranched alkanes of at least 4 members (excludes halogenated alkanes) is 22. The summed E-state index contributed by atoms with van der Waals surface area (Å²) in [5.74, 6) is -2.39. The number of carbonyl (C=O) groups excluding carboxylic acids is 2. The largest absolute Gasteiger partial charge is 0.480 e. The van der Waals surface area contributed by atoms with E-state index in [1.807, 2.05) is 6.08 Å². The van der Waals surface area contributed by atoms with Crippen molar-refractivity contribution in [2.24, 2.45) is 5.73 Å². The topological polar surface area (TPSA) is 172 Å². The maximum atomic E-state index is 12.6. The van der Waals surface area contributed by atoms with Crippen molar-refractivity contribution in [3.05, 3.63) is 24.8 Å². The highest BCUT2D eigenvalue weighted by Crippen LogP contribution is 2.43. The first kappa shape index (κ1) is 50.0. The van der Waals surface area contributed by atoms with Crippen LogP contribution < -0.4 is 5.73 Å². The molecule has 3 atom stereocenters. The van der Waals surface area contributed by atoms with Gasteiger partial charge in [-0.05, 0) is 51.4 Å². The molecule has 0 rings (SSSR count). The Hall–Kier alpha value is -2.04. The van der Waals surface area contributed by atoms with E-state index in [1.165, 1.54) is 83.5 Å². The van der Waals surface area contributed by atoms with Crippen molar-refractivity contribution in [2.45, 2.75) is 192 Å². The Morgan fingerprint density at radius 2 is 1.06 bits per heavy atom. The fraction of sp³-hybridized carbons (Fsp3) is 0.825. The third-order valence-corrected chi connectivity index (χ3v) is 9.77. The Balaban J connectivity index is 4.39. The molecule has 0 radical (unpaired) electrons. The molecule has 12 heteroatoms. The molecular formula is C40H74NO10P. The monoisotopic (exact) mass is 760 g/mol. The van der Waals surface area contributed by atoms with Crippen molar-refractivity contribution < 1.29 is 47.5 Å². The molecule has 0 aromatic heterocycles. The lowest BCUT2D eigenvalue weighted by Crippen LogP contribution is -2.34. The van der Waals surface area contributed by atoms with E-state index in [-0.39, 0.29) is 19.4 Å². The SMILES string of the molecule is C=CCCCCCCCCCCCCCCCC(=O)O[C@H](COC(=O)CCCCCCC/C=C/CCCCCC)COP(=O)(O)OC[C@H](N)C(=O)O. The number of hydrogen-bond acceptors (Lipinski definition) is 9. The average Bonchev–Trinajstić information content (AvgIpc) is 3.12. The summed E-state index contributed by atoms with van der Waals surface area (Å²) in [7, 11) is -4.71. The Morgan fingerprint density at radius 3 is 1.54 bits per heavy atom. The van der Waals surface area contributed by atoms with Gasteiger partial charge in [0.15, 0.2) is 6.10 Å². The number of carboxylic acid groups (broad SMARTS) is 1. The highest BCUT2D eigenvalue weighted by molar-refractivity contribution is 7.47. The van der Waals surface area contributed by atoms with Gasteiger partial charge in [0.25, 0.3) is 0 Å². The highest BCUT2D eigenvalue weighted by Gasteiger charge is 2.28. The number of carbonyl (C=O) groups is 3. The number of hydrogen-bond donors (Lipinski definition) is 3. The molecule has 0 aromatic rings. The lowest BCUT2D eigenvalue weighted by molar-refractivity contribution is -0.161. The summed E-state index contributed by atoms with van der Waals surface area (Å²) >= 11 is 0. The van der Waals surface area contributed by atoms with Gasteiger partial charge in [-0.25, -0.2) is 4.57 Å². The fourth-order valence-electron chi connectivity index (χ4n) is 5.57. The van der Waals surface area contributed by atoms with Crippen LogP contribution in [0.1, 0.15) is 180 Å². The summed E-state index contributed by atoms with van der Waals surface area (Å²) < 4.78 is 32.6. The van der Waals surface area contributed by atoms with Gasteiger partial charge in [0.1, 0.15) is 12.6 Å². The molecule has 0 heterocycles. The van der Waals surface area contributed by atoms with Crippen LogP contribution >= 0.6 is 7.82 Å². The van der Waals surface area contributed by atoms with Crippen molar-refractivity contribution in [1.29, 1.82) is 0 Å². The molecule has 0 saturated carbocycles. The van der Waals surface area contributed by atoms with Gasteiger partial charge in [-0.2, -0.15) is 0 Å². The zero-order chi connectivity index (χ0) is 38.5. The highest BCUT2D eigenvalue weighted by atomic mass is 31.2. The maximum Gasteiger partial charge on any atom is 0.472 e. The second kappa shape index (κ2) is 36.0. The van der Waals surface area contributed by atoms with Crippen LogP contribution in [0.3, 0.4) is 0 Å². The number of rotatable bonds is 39. The number of phosphoric acid groups is 1. The number of esters is 2. The van der Waals surface area contributed by atoms with Gasteiger partial charge < -0.3 is 25.2 Å². The number of carboxylic acids is 1. The molecule has 0 bridgehead atoms. The molecule has 0 fully saturated rings. The Labute approximate surface area is 315 Å². The Kier molecular flexibility index (Phi) is 34.6. The smallest absolute Gasteiger partial charge is 0.472 e. The van der Waals surface area contributed by atoms with Crippen LogP contribution in [0.2, 0.25) is 0 Å². The fourth-order valence-corrected chi connectivity index (χ4v) is 6.35. The molecule has 0 aliphatic heterocycles. The van der Waals surface area contributed by atoms with Gasteiger partial charge in [0, 0.05) is 12.8 Å². The molecule has 304 valence electrons. The molecule has 11 nitrogen and oxygen atoms in total. The van der Waals surface area contributed by atoms with Crippen LogP contribution in [0.15, 0.2) is 24.8 Å². The van der Waals surface area contributed by atoms with E-state index >= 15 is 0 Å². The van der Waals surface area contributed by atoms with Crippen LogP contribution in [-0.4, -0.2) is 59.9 Å². The van der Waals surface area contributed by atoms with Crippen LogP contribution in [0.4, 0.5) is 0 Å². The lowest BCUT2D eigenvalue weighted by atomic mass is 10.0. The first-order valence-corrected chi connectivity index (χ1v) is 21.8. The van der Waals surface area contributed by atoms with Crippen molar-refractivity contribution >= 4 is 25.7 Å². The minimum Gasteiger partial charge on any atom is -0.480 e. The van der Waals surface area contributed by atoms with E-state index in [1.54, 1.807) is 0 Å². The predicted molar refractivity (Wildman–Crippen MR) is 208 cm³/mol. The van der Waals surface area contributed by atoms with E-state index < -0.39 is 51.1 Å². The summed E-state index contributed by atoms with van der Waals surface area (Å²) in [6, 6.07) is -1.52. The Bertz CT molecular complexity index is 976. The number of allylic oxidation sites excluding steroid dienone is 3. The molecule has 0 aliphatic rings. The summed E-state index contributed by atoms with van der Waals surface area (Å²) in [6.07, 6.45) is 34.2. The van der Waals surface area contributed by atoms with E-state index in [9.17, 15) is 23.8 Å². The van der Waals surface area contributed by atoms with Gasteiger partial charge in [-0.3, -0.25) is 23.4 Å². The van der Waals surface area contributed by atoms with Gasteiger partial charge in [-0.1, -0.05) is 134 Å². The minimum absolute atomic E-state index is 0.159. The summed E-state index contributed by atoms with van der Waals surface area (Å²) in [4.78, 5) is 45.8. The van der Waals surface area contributed by atoms with Crippen LogP contribution in [0.25, 0.3) is 0 Å². The van der Waals surface area contributed by atoms with E-state index in [4.69, 9.17) is 24.8 Å². The van der Waals surface area contributed by atoms with Crippen molar-refractivity contribution in [3.8, 4) is 0 Å². The zero-order valence-corrected chi connectivity index (χ0v) is 33.4. The lowest BCUT2D eigenvalue weighted by Gasteiger charge is -2.20. The third-order valence-electron chi connectivity index (χ3n) is 8.82. The van der Waals surface area contributed by atoms with Crippen LogP contribution in [0.5, 0.6) is 0 Å². The molecule has 0 amide bonds. The predicted octanol–water partition coefficient (Wildman–Crippen LogP) is 10.3. The number of nitrogens with two attached hydrogens (primary N) is 1. The third kappa shape index (κ3) is 35.0. The average molecular weight is 760 g/mol. The first-order valence-electron chi connectivity index (χ1n) is 20.3. The number of phosphoric ester groups is 1. The summed E-state index contributed by atoms with van der Waals surface area (Å²) in [6.45, 7) is 4.29. The van der Waals surface area contributed by atoms with E-state index in [2.05, 4.69) is 30.2 Å². The standard InChI is InChI=1S/C40H74NO10P/c1-3-5-7-9-11-13-15-17-18-20-22-24-26-28-30-32-39(43)51-36(34-49-52(46,47)50-35-37(41)40(44)45)33-48-38(42)31-29-27-25-23-21-19-16-14-12-10-8-6-4-2/h3,14,16,36-37H,1,4-13,15,17-35,41H2,2H3,(H,44,45)(H,46,47)/b16-14+/t36-,37+/m1/s1. The molecule has 0 aromatic carbocycles. The maximum absolute atomic E-state index is 12.6. The molecule has 4 N–H and O–H groups in total. The number of aliphatic carboxylic acids is 1. The van der Waals surface area contributed by atoms with Gasteiger partial charge in [-0.15, -0.1) is 6.58 Å². The van der Waals surface area contributed by atoms with Crippen molar-refractivity contribution in [1.82, 2.24) is 0 Å². The zero-order valence-electron chi connectivity index (χ0n) is 32.5.